The molecule has 0 saturated heterocycles. The first kappa shape index (κ1) is 12.8. The lowest BCUT2D eigenvalue weighted by Gasteiger charge is -2.00. The zero-order valence-electron chi connectivity index (χ0n) is 10.5. The van der Waals surface area contributed by atoms with Gasteiger partial charge in [-0.3, -0.25) is 4.79 Å². The van der Waals surface area contributed by atoms with Gasteiger partial charge in [0.2, 0.25) is 0 Å². The molecule has 0 aliphatic heterocycles. The van der Waals surface area contributed by atoms with Crippen molar-refractivity contribution in [3.63, 3.8) is 0 Å². The van der Waals surface area contributed by atoms with E-state index in [-0.39, 0.29) is 11.7 Å². The highest BCUT2D eigenvalue weighted by Gasteiger charge is 2.02. The number of nitrogens with zero attached hydrogens (tertiary/aromatic N) is 1. The number of aryl methyl sites for hydroxylation is 1. The van der Waals surface area contributed by atoms with Crippen LogP contribution in [0, 0.1) is 6.92 Å². The molecule has 96 valence electrons. The average Bonchev–Trinajstić information content (AvgIpc) is 2.39. The Bertz CT molecular complexity index is 604. The van der Waals surface area contributed by atoms with E-state index in [1.165, 1.54) is 24.3 Å². The fraction of sp³-hybridized carbons (Fsp3) is 0.0667. The first-order valence-corrected chi connectivity index (χ1v) is 5.84. The summed E-state index contributed by atoms with van der Waals surface area (Å²) in [7, 11) is 0. The molecule has 4 heteroatoms. The third kappa shape index (κ3) is 3.67. The molecule has 0 spiro atoms. The Kier molecular flexibility index (Phi) is 3.93. The van der Waals surface area contributed by atoms with Gasteiger partial charge in [0, 0.05) is 5.56 Å². The van der Waals surface area contributed by atoms with E-state index < -0.39 is 0 Å². The first-order chi connectivity index (χ1) is 9.15. The van der Waals surface area contributed by atoms with E-state index in [9.17, 15) is 4.79 Å². The molecular weight excluding hydrogens is 240 g/mol. The average molecular weight is 254 g/mol. The molecule has 0 aliphatic carbocycles. The maximum atomic E-state index is 11.7. The predicted molar refractivity (Wildman–Crippen MR) is 74.3 cm³/mol. The van der Waals surface area contributed by atoms with Gasteiger partial charge in [-0.25, -0.2) is 5.43 Å². The number of carbonyl (C=O) groups is 1. The molecule has 0 saturated carbocycles. The zero-order chi connectivity index (χ0) is 13.7. The second-order valence-corrected chi connectivity index (χ2v) is 4.16. The smallest absolute Gasteiger partial charge is 0.271 e. The summed E-state index contributed by atoms with van der Waals surface area (Å²) < 4.78 is 0. The Hall–Kier alpha value is -2.62. The highest BCUT2D eigenvalue weighted by atomic mass is 16.3. The number of hydrazone groups is 1. The minimum Gasteiger partial charge on any atom is -0.508 e. The van der Waals surface area contributed by atoms with E-state index in [1.54, 1.807) is 6.21 Å². The van der Waals surface area contributed by atoms with E-state index in [4.69, 9.17) is 5.11 Å². The van der Waals surface area contributed by atoms with Gasteiger partial charge in [-0.1, -0.05) is 29.8 Å². The third-order valence-corrected chi connectivity index (χ3v) is 2.55. The fourth-order valence-corrected chi connectivity index (χ4v) is 1.59. The van der Waals surface area contributed by atoms with Gasteiger partial charge >= 0.3 is 0 Å². The largest absolute Gasteiger partial charge is 0.508 e. The number of carbonyl (C=O) groups excluding carboxylic acids is 1. The number of nitrogens with one attached hydrogen (secondary N) is 1. The molecule has 0 bridgehead atoms. The summed E-state index contributed by atoms with van der Waals surface area (Å²) in [5.41, 5.74) is 4.93. The Labute approximate surface area is 111 Å². The maximum Gasteiger partial charge on any atom is 0.271 e. The topological polar surface area (TPSA) is 61.7 Å². The molecule has 0 atom stereocenters. The minimum absolute atomic E-state index is 0.125. The second kappa shape index (κ2) is 5.82. The number of phenols is 1. The number of benzene rings is 2. The number of phenolic OH excluding ortho intramolecular Hbond substituents is 1. The van der Waals surface area contributed by atoms with Gasteiger partial charge in [-0.05, 0) is 36.8 Å². The normalized spacial score (nSPS) is 10.6. The van der Waals surface area contributed by atoms with Gasteiger partial charge < -0.3 is 5.11 Å². The van der Waals surface area contributed by atoms with Crippen molar-refractivity contribution in [3.8, 4) is 5.75 Å². The van der Waals surface area contributed by atoms with Crippen molar-refractivity contribution in [1.82, 2.24) is 5.43 Å². The monoisotopic (exact) mass is 254 g/mol. The highest BCUT2D eigenvalue weighted by molar-refractivity contribution is 5.94. The van der Waals surface area contributed by atoms with Crippen LogP contribution in [0.3, 0.4) is 0 Å². The summed E-state index contributed by atoms with van der Waals surface area (Å²) in [4.78, 5) is 11.7. The summed E-state index contributed by atoms with van der Waals surface area (Å²) >= 11 is 0. The molecule has 19 heavy (non-hydrogen) atoms. The molecule has 1 amide bonds. The maximum absolute atomic E-state index is 11.7. The molecule has 2 aromatic rings. The standard InChI is InChI=1S/C15H14N2O2/c1-11-3-2-4-12(9-11)10-16-17-15(19)13-5-7-14(18)8-6-13/h2-10,18H,1H3,(H,17,19). The Morgan fingerprint density at radius 3 is 2.63 bits per heavy atom. The molecule has 0 unspecified atom stereocenters. The molecule has 0 radical (unpaired) electrons. The van der Waals surface area contributed by atoms with Crippen LogP contribution < -0.4 is 5.43 Å². The Morgan fingerprint density at radius 1 is 1.21 bits per heavy atom. The Balaban J connectivity index is 1.98. The lowest BCUT2D eigenvalue weighted by Crippen LogP contribution is -2.17. The van der Waals surface area contributed by atoms with Crippen molar-refractivity contribution in [3.05, 3.63) is 65.2 Å². The molecule has 0 heterocycles. The van der Waals surface area contributed by atoms with E-state index in [2.05, 4.69) is 10.5 Å². The minimum atomic E-state index is -0.316. The molecular formula is C15H14N2O2. The van der Waals surface area contributed by atoms with Crippen LogP contribution in [0.4, 0.5) is 0 Å². The molecule has 2 N–H and O–H groups in total. The van der Waals surface area contributed by atoms with Crippen LogP contribution in [-0.4, -0.2) is 17.2 Å². The van der Waals surface area contributed by atoms with Crippen LogP contribution in [0.5, 0.6) is 5.75 Å². The van der Waals surface area contributed by atoms with Crippen LogP contribution in [0.25, 0.3) is 0 Å². The van der Waals surface area contributed by atoms with Crippen molar-refractivity contribution in [2.45, 2.75) is 6.92 Å². The fourth-order valence-electron chi connectivity index (χ4n) is 1.59. The van der Waals surface area contributed by atoms with Gasteiger partial charge in [-0.2, -0.15) is 5.10 Å². The van der Waals surface area contributed by atoms with Crippen molar-refractivity contribution in [2.75, 3.05) is 0 Å². The van der Waals surface area contributed by atoms with Gasteiger partial charge in [0.05, 0.1) is 6.21 Å². The summed E-state index contributed by atoms with van der Waals surface area (Å²) in [5, 5.41) is 13.0. The van der Waals surface area contributed by atoms with Crippen molar-refractivity contribution in [1.29, 1.82) is 0 Å². The van der Waals surface area contributed by atoms with E-state index >= 15 is 0 Å². The van der Waals surface area contributed by atoms with Crippen molar-refractivity contribution in [2.24, 2.45) is 5.10 Å². The van der Waals surface area contributed by atoms with Crippen LogP contribution >= 0.6 is 0 Å². The van der Waals surface area contributed by atoms with E-state index in [0.717, 1.165) is 11.1 Å². The summed E-state index contributed by atoms with van der Waals surface area (Å²) in [6, 6.07) is 13.8. The Morgan fingerprint density at radius 2 is 1.95 bits per heavy atom. The SMILES string of the molecule is Cc1cccc(C=NNC(=O)c2ccc(O)cc2)c1. The lowest BCUT2D eigenvalue weighted by atomic mass is 10.2. The number of hydrogen-bond donors (Lipinski definition) is 2. The summed E-state index contributed by atoms with van der Waals surface area (Å²) in [6.07, 6.45) is 1.59. The van der Waals surface area contributed by atoms with Crippen LogP contribution in [0.15, 0.2) is 53.6 Å². The zero-order valence-corrected chi connectivity index (χ0v) is 10.5. The number of rotatable bonds is 3. The molecule has 2 aromatic carbocycles. The second-order valence-electron chi connectivity index (χ2n) is 4.16. The quantitative estimate of drug-likeness (QED) is 0.653. The summed E-state index contributed by atoms with van der Waals surface area (Å²) in [5.74, 6) is -0.191. The molecule has 0 aliphatic rings. The van der Waals surface area contributed by atoms with E-state index in [0.29, 0.717) is 5.56 Å². The van der Waals surface area contributed by atoms with E-state index in [1.807, 2.05) is 31.2 Å². The van der Waals surface area contributed by atoms with Gasteiger partial charge in [-0.15, -0.1) is 0 Å². The van der Waals surface area contributed by atoms with Gasteiger partial charge in [0.15, 0.2) is 0 Å². The molecule has 0 aromatic heterocycles. The molecule has 4 nitrogen and oxygen atoms in total. The first-order valence-electron chi connectivity index (χ1n) is 5.84. The lowest BCUT2D eigenvalue weighted by molar-refractivity contribution is 0.0955. The molecule has 2 rings (SSSR count). The number of amides is 1. The van der Waals surface area contributed by atoms with Crippen molar-refractivity contribution >= 4 is 12.1 Å². The van der Waals surface area contributed by atoms with Crippen LogP contribution in [0.2, 0.25) is 0 Å². The third-order valence-electron chi connectivity index (χ3n) is 2.55. The number of aromatic hydroxyl groups is 1. The predicted octanol–water partition coefficient (Wildman–Crippen LogP) is 2.46. The van der Waals surface area contributed by atoms with Gasteiger partial charge in [0.1, 0.15) is 5.75 Å². The number of hydrogen-bond acceptors (Lipinski definition) is 3. The van der Waals surface area contributed by atoms with Crippen LogP contribution in [0.1, 0.15) is 21.5 Å². The van der Waals surface area contributed by atoms with Crippen molar-refractivity contribution < 1.29 is 9.90 Å². The molecule has 0 fully saturated rings. The summed E-state index contributed by atoms with van der Waals surface area (Å²) in [6.45, 7) is 1.99. The van der Waals surface area contributed by atoms with Crippen LogP contribution in [-0.2, 0) is 0 Å². The van der Waals surface area contributed by atoms with Gasteiger partial charge in [0.25, 0.3) is 5.91 Å². The highest BCUT2D eigenvalue weighted by Crippen LogP contribution is 2.09.